The van der Waals surface area contributed by atoms with Crippen LogP contribution in [-0.2, 0) is 9.84 Å². The van der Waals surface area contributed by atoms with Crippen LogP contribution in [0.15, 0.2) is 12.1 Å². The quantitative estimate of drug-likeness (QED) is 0.807. The van der Waals surface area contributed by atoms with Crippen molar-refractivity contribution in [2.75, 3.05) is 17.2 Å². The second-order valence-corrected chi connectivity index (χ2v) is 7.87. The average molecular weight is 337 g/mol. The Labute approximate surface area is 127 Å². The number of carbonyl (C=O) groups is 1. The van der Waals surface area contributed by atoms with Crippen LogP contribution in [0, 0.1) is 0 Å². The van der Waals surface area contributed by atoms with E-state index >= 15 is 0 Å². The predicted molar refractivity (Wildman–Crippen MR) is 80.0 cm³/mol. The molecule has 5 nitrogen and oxygen atoms in total. The lowest BCUT2D eigenvalue weighted by Gasteiger charge is -2.23. The SMILES string of the molecule is Nc1c(Cl)cc(C(=O)NC2CCS(=O)(=O)CC2)cc1Cl. The fourth-order valence-corrected chi connectivity index (χ4v) is 4.00. The Morgan fingerprint density at radius 1 is 1.20 bits per heavy atom. The van der Waals surface area contributed by atoms with Gasteiger partial charge in [-0.15, -0.1) is 0 Å². The Morgan fingerprint density at radius 3 is 2.20 bits per heavy atom. The monoisotopic (exact) mass is 336 g/mol. The van der Waals surface area contributed by atoms with Crippen LogP contribution in [0.3, 0.4) is 0 Å². The molecule has 0 atom stereocenters. The van der Waals surface area contributed by atoms with E-state index in [0.717, 1.165) is 0 Å². The Morgan fingerprint density at radius 2 is 1.70 bits per heavy atom. The lowest BCUT2D eigenvalue weighted by Crippen LogP contribution is -2.40. The molecule has 0 bridgehead atoms. The number of hydrogen-bond acceptors (Lipinski definition) is 4. The lowest BCUT2D eigenvalue weighted by molar-refractivity contribution is 0.0934. The highest BCUT2D eigenvalue weighted by Crippen LogP contribution is 2.28. The van der Waals surface area contributed by atoms with Crippen molar-refractivity contribution in [3.05, 3.63) is 27.7 Å². The minimum atomic E-state index is -2.95. The first-order valence-electron chi connectivity index (χ1n) is 6.04. The summed E-state index contributed by atoms with van der Waals surface area (Å²) in [6.07, 6.45) is 0.842. The number of sulfone groups is 1. The van der Waals surface area contributed by atoms with E-state index in [2.05, 4.69) is 5.32 Å². The van der Waals surface area contributed by atoms with E-state index < -0.39 is 9.84 Å². The third-order valence-electron chi connectivity index (χ3n) is 3.23. The molecule has 2 rings (SSSR count). The topological polar surface area (TPSA) is 89.3 Å². The number of anilines is 1. The average Bonchev–Trinajstić information content (AvgIpc) is 2.37. The molecular formula is C12H14Cl2N2O3S. The van der Waals surface area contributed by atoms with Gasteiger partial charge in [-0.2, -0.15) is 0 Å². The van der Waals surface area contributed by atoms with Gasteiger partial charge < -0.3 is 11.1 Å². The van der Waals surface area contributed by atoms with E-state index in [9.17, 15) is 13.2 Å². The van der Waals surface area contributed by atoms with E-state index in [0.29, 0.717) is 18.4 Å². The summed E-state index contributed by atoms with van der Waals surface area (Å²) in [6.45, 7) is 0. The number of carbonyl (C=O) groups excluding carboxylic acids is 1. The summed E-state index contributed by atoms with van der Waals surface area (Å²) < 4.78 is 22.6. The van der Waals surface area contributed by atoms with E-state index in [-0.39, 0.29) is 39.2 Å². The molecule has 0 saturated carbocycles. The fraction of sp³-hybridized carbons (Fsp3) is 0.417. The van der Waals surface area contributed by atoms with Gasteiger partial charge in [-0.1, -0.05) is 23.2 Å². The van der Waals surface area contributed by atoms with E-state index in [1.54, 1.807) is 0 Å². The van der Waals surface area contributed by atoms with E-state index in [1.165, 1.54) is 12.1 Å². The summed E-state index contributed by atoms with van der Waals surface area (Å²) in [7, 11) is -2.95. The minimum absolute atomic E-state index is 0.0984. The standard InChI is InChI=1S/C12H14Cl2N2O3S/c13-9-5-7(6-10(14)11(9)15)12(17)16-8-1-3-20(18,19)4-2-8/h5-6,8H,1-4,15H2,(H,16,17). The molecule has 1 saturated heterocycles. The van der Waals surface area contributed by atoms with Crippen LogP contribution in [0.4, 0.5) is 5.69 Å². The summed E-state index contributed by atoms with van der Waals surface area (Å²) in [4.78, 5) is 12.1. The highest BCUT2D eigenvalue weighted by atomic mass is 35.5. The number of nitrogens with one attached hydrogen (secondary N) is 1. The zero-order valence-electron chi connectivity index (χ0n) is 10.5. The normalized spacial score (nSPS) is 18.7. The molecule has 1 aromatic carbocycles. The molecule has 20 heavy (non-hydrogen) atoms. The van der Waals surface area contributed by atoms with Crippen molar-refractivity contribution in [2.24, 2.45) is 0 Å². The van der Waals surface area contributed by atoms with Gasteiger partial charge in [0.1, 0.15) is 9.84 Å². The van der Waals surface area contributed by atoms with Gasteiger partial charge in [-0.3, -0.25) is 4.79 Å². The van der Waals surface area contributed by atoms with Crippen LogP contribution >= 0.6 is 23.2 Å². The Bertz CT molecular complexity index is 609. The zero-order valence-corrected chi connectivity index (χ0v) is 12.9. The Hall–Kier alpha value is -0.980. The zero-order chi connectivity index (χ0) is 14.9. The van der Waals surface area contributed by atoms with Crippen LogP contribution < -0.4 is 11.1 Å². The highest BCUT2D eigenvalue weighted by molar-refractivity contribution is 7.91. The number of nitrogens with two attached hydrogens (primary N) is 1. The summed E-state index contributed by atoms with van der Waals surface area (Å²) in [5.41, 5.74) is 6.14. The maximum absolute atomic E-state index is 12.1. The summed E-state index contributed by atoms with van der Waals surface area (Å²) >= 11 is 11.7. The Kier molecular flexibility index (Phi) is 4.46. The molecule has 8 heteroatoms. The third-order valence-corrected chi connectivity index (χ3v) is 5.57. The molecule has 0 unspecified atom stereocenters. The Balaban J connectivity index is 2.06. The van der Waals surface area contributed by atoms with E-state index in [1.807, 2.05) is 0 Å². The first kappa shape index (κ1) is 15.4. The van der Waals surface area contributed by atoms with Crippen molar-refractivity contribution in [1.29, 1.82) is 0 Å². The molecule has 1 aliphatic heterocycles. The molecule has 1 fully saturated rings. The third kappa shape index (κ3) is 3.56. The number of amides is 1. The fourth-order valence-electron chi connectivity index (χ4n) is 2.02. The molecule has 0 radical (unpaired) electrons. The van der Waals surface area contributed by atoms with Crippen molar-refractivity contribution in [2.45, 2.75) is 18.9 Å². The van der Waals surface area contributed by atoms with Gasteiger partial charge in [-0.25, -0.2) is 8.42 Å². The summed E-state index contributed by atoms with van der Waals surface area (Å²) in [5.74, 6) is -0.138. The number of rotatable bonds is 2. The van der Waals surface area contributed by atoms with Crippen LogP contribution in [0.5, 0.6) is 0 Å². The van der Waals surface area contributed by atoms with Gasteiger partial charge >= 0.3 is 0 Å². The molecule has 1 heterocycles. The predicted octanol–water partition coefficient (Wildman–Crippen LogP) is 1.88. The molecule has 1 aliphatic rings. The minimum Gasteiger partial charge on any atom is -0.396 e. The van der Waals surface area contributed by atoms with Crippen molar-refractivity contribution in [1.82, 2.24) is 5.32 Å². The van der Waals surface area contributed by atoms with Crippen molar-refractivity contribution in [3.8, 4) is 0 Å². The van der Waals surface area contributed by atoms with Crippen molar-refractivity contribution < 1.29 is 13.2 Å². The molecule has 0 spiro atoms. The van der Waals surface area contributed by atoms with Crippen LogP contribution in [0.1, 0.15) is 23.2 Å². The lowest BCUT2D eigenvalue weighted by atomic mass is 10.1. The van der Waals surface area contributed by atoms with Crippen LogP contribution in [0.2, 0.25) is 10.0 Å². The summed E-state index contributed by atoms with van der Waals surface area (Å²) in [6, 6.07) is 2.73. The molecule has 1 amide bonds. The number of hydrogen-bond donors (Lipinski definition) is 2. The first-order valence-corrected chi connectivity index (χ1v) is 8.62. The van der Waals surface area contributed by atoms with Gasteiger partial charge in [0.25, 0.3) is 5.91 Å². The molecule has 110 valence electrons. The van der Waals surface area contributed by atoms with Crippen molar-refractivity contribution in [3.63, 3.8) is 0 Å². The summed E-state index contributed by atoms with van der Waals surface area (Å²) in [5, 5.41) is 3.22. The van der Waals surface area contributed by atoms with Gasteiger partial charge in [-0.05, 0) is 25.0 Å². The van der Waals surface area contributed by atoms with Gasteiger partial charge in [0, 0.05) is 11.6 Å². The molecule has 0 aromatic heterocycles. The van der Waals surface area contributed by atoms with Crippen LogP contribution in [0.25, 0.3) is 0 Å². The maximum atomic E-state index is 12.1. The molecular weight excluding hydrogens is 323 g/mol. The number of benzene rings is 1. The van der Waals surface area contributed by atoms with Crippen molar-refractivity contribution >= 4 is 44.6 Å². The first-order chi connectivity index (χ1) is 9.28. The van der Waals surface area contributed by atoms with Gasteiger partial charge in [0.2, 0.25) is 0 Å². The van der Waals surface area contributed by atoms with Crippen LogP contribution in [-0.4, -0.2) is 31.9 Å². The molecule has 0 aliphatic carbocycles. The highest BCUT2D eigenvalue weighted by Gasteiger charge is 2.25. The van der Waals surface area contributed by atoms with Gasteiger partial charge in [0.15, 0.2) is 0 Å². The molecule has 1 aromatic rings. The number of nitrogen functional groups attached to an aromatic ring is 1. The van der Waals surface area contributed by atoms with Gasteiger partial charge in [0.05, 0.1) is 27.2 Å². The van der Waals surface area contributed by atoms with E-state index in [4.69, 9.17) is 28.9 Å². The second kappa shape index (κ2) is 5.79. The molecule has 3 N–H and O–H groups in total. The maximum Gasteiger partial charge on any atom is 0.251 e. The largest absolute Gasteiger partial charge is 0.396 e. The smallest absolute Gasteiger partial charge is 0.251 e. The number of halogens is 2. The second-order valence-electron chi connectivity index (χ2n) is 4.75.